The quantitative estimate of drug-likeness (QED) is 0.548. The van der Waals surface area contributed by atoms with Gasteiger partial charge < -0.3 is 14.8 Å². The maximum atomic E-state index is 14.6. The third-order valence-electron chi connectivity index (χ3n) is 5.64. The number of nitrogens with zero attached hydrogens (tertiary/aromatic N) is 1. The maximum absolute atomic E-state index is 14.6. The molecule has 1 aliphatic rings. The zero-order valence-corrected chi connectivity index (χ0v) is 18.7. The highest BCUT2D eigenvalue weighted by atomic mass is 19.1. The van der Waals surface area contributed by atoms with Crippen molar-refractivity contribution in [2.75, 3.05) is 24.4 Å². The van der Waals surface area contributed by atoms with Crippen LogP contribution in [0.5, 0.6) is 11.5 Å². The van der Waals surface area contributed by atoms with E-state index in [4.69, 9.17) is 9.47 Å². The third-order valence-corrected chi connectivity index (χ3v) is 5.64. The Labute approximate surface area is 191 Å². The zero-order valence-electron chi connectivity index (χ0n) is 18.7. The molecule has 1 N–H and O–H groups in total. The molecule has 0 atom stereocenters. The van der Waals surface area contributed by atoms with Gasteiger partial charge in [-0.25, -0.2) is 9.29 Å². The van der Waals surface area contributed by atoms with Crippen molar-refractivity contribution >= 4 is 28.8 Å². The molecule has 3 aromatic rings. The average Bonchev–Trinajstić information content (AvgIpc) is 3.05. The van der Waals surface area contributed by atoms with Crippen molar-refractivity contribution in [1.29, 1.82) is 0 Å². The normalized spacial score (nSPS) is 13.5. The monoisotopic (exact) mass is 446 g/mol. The van der Waals surface area contributed by atoms with E-state index in [1.54, 1.807) is 30.3 Å². The third kappa shape index (κ3) is 3.93. The minimum absolute atomic E-state index is 0.0370. The Morgan fingerprint density at radius 2 is 1.61 bits per heavy atom. The highest BCUT2D eigenvalue weighted by Gasteiger charge is 2.41. The number of hydrogen-bond donors (Lipinski definition) is 1. The molecular weight excluding hydrogens is 423 g/mol. The maximum Gasteiger partial charge on any atom is 0.282 e. The van der Waals surface area contributed by atoms with Crippen LogP contribution >= 0.6 is 0 Å². The molecule has 0 saturated heterocycles. The van der Waals surface area contributed by atoms with Gasteiger partial charge in [0.25, 0.3) is 11.8 Å². The van der Waals surface area contributed by atoms with Crippen LogP contribution in [-0.4, -0.2) is 26.0 Å². The van der Waals surface area contributed by atoms with E-state index in [1.165, 1.54) is 32.4 Å². The standard InChI is InChI=1S/C26H23FN2O4/c1-15-9-10-17(13-16(15)2)23-24(28-20-12-11-18(32-3)14-22(20)33-4)26(31)29(25(23)30)21-8-6-5-7-19(21)27/h5-14,28H,1-4H3. The Morgan fingerprint density at radius 1 is 0.848 bits per heavy atom. The van der Waals surface area contributed by atoms with Gasteiger partial charge in [0.2, 0.25) is 0 Å². The van der Waals surface area contributed by atoms with Crippen LogP contribution < -0.4 is 19.7 Å². The number of halogens is 1. The van der Waals surface area contributed by atoms with E-state index in [1.807, 2.05) is 26.0 Å². The number of ether oxygens (including phenoxy) is 2. The predicted octanol–water partition coefficient (Wildman–Crippen LogP) is 4.86. The van der Waals surface area contributed by atoms with Gasteiger partial charge in [-0.1, -0.05) is 30.3 Å². The number of anilines is 2. The smallest absolute Gasteiger partial charge is 0.282 e. The second-order valence-electron chi connectivity index (χ2n) is 7.64. The lowest BCUT2D eigenvalue weighted by Gasteiger charge is -2.16. The molecule has 0 bridgehead atoms. The first kappa shape index (κ1) is 22.1. The minimum Gasteiger partial charge on any atom is -0.497 e. The molecule has 7 heteroatoms. The van der Waals surface area contributed by atoms with E-state index in [-0.39, 0.29) is 17.0 Å². The fraction of sp³-hybridized carbons (Fsp3) is 0.154. The fourth-order valence-corrected chi connectivity index (χ4v) is 3.70. The number of nitrogens with one attached hydrogen (secondary N) is 1. The Kier molecular flexibility index (Phi) is 5.87. The fourth-order valence-electron chi connectivity index (χ4n) is 3.70. The molecule has 0 unspecified atom stereocenters. The number of aryl methyl sites for hydroxylation is 2. The Bertz CT molecular complexity index is 1300. The second kappa shape index (κ2) is 8.78. The van der Waals surface area contributed by atoms with Crippen molar-refractivity contribution in [1.82, 2.24) is 0 Å². The molecule has 168 valence electrons. The molecule has 1 heterocycles. The summed E-state index contributed by atoms with van der Waals surface area (Å²) in [6, 6.07) is 16.2. The topological polar surface area (TPSA) is 67.9 Å². The lowest BCUT2D eigenvalue weighted by Crippen LogP contribution is -2.33. The summed E-state index contributed by atoms with van der Waals surface area (Å²) in [5, 5.41) is 3.06. The van der Waals surface area contributed by atoms with Gasteiger partial charge in [0.15, 0.2) is 0 Å². The van der Waals surface area contributed by atoms with Gasteiger partial charge in [-0.3, -0.25) is 9.59 Å². The van der Waals surface area contributed by atoms with E-state index in [0.717, 1.165) is 16.0 Å². The van der Waals surface area contributed by atoms with Crippen LogP contribution in [-0.2, 0) is 9.59 Å². The van der Waals surface area contributed by atoms with Crippen LogP contribution in [0.3, 0.4) is 0 Å². The largest absolute Gasteiger partial charge is 0.497 e. The summed E-state index contributed by atoms with van der Waals surface area (Å²) in [6.07, 6.45) is 0. The molecule has 6 nitrogen and oxygen atoms in total. The summed E-state index contributed by atoms with van der Waals surface area (Å²) in [6.45, 7) is 3.89. The van der Waals surface area contributed by atoms with E-state index in [0.29, 0.717) is 22.7 Å². The van der Waals surface area contributed by atoms with Gasteiger partial charge in [0.1, 0.15) is 23.0 Å². The van der Waals surface area contributed by atoms with Crippen LogP contribution in [0.1, 0.15) is 16.7 Å². The number of imide groups is 1. The highest BCUT2D eigenvalue weighted by Crippen LogP contribution is 2.37. The highest BCUT2D eigenvalue weighted by molar-refractivity contribution is 6.46. The Balaban J connectivity index is 1.87. The zero-order chi connectivity index (χ0) is 23.7. The van der Waals surface area contributed by atoms with Crippen molar-refractivity contribution in [2.24, 2.45) is 0 Å². The summed E-state index contributed by atoms with van der Waals surface area (Å²) < 4.78 is 25.2. The van der Waals surface area contributed by atoms with Gasteiger partial charge in [0.05, 0.1) is 31.2 Å². The van der Waals surface area contributed by atoms with Crippen LogP contribution in [0.15, 0.2) is 66.4 Å². The number of methoxy groups -OCH3 is 2. The average molecular weight is 446 g/mol. The predicted molar refractivity (Wildman–Crippen MR) is 125 cm³/mol. The first-order valence-electron chi connectivity index (χ1n) is 10.3. The lowest BCUT2D eigenvalue weighted by atomic mass is 9.99. The molecule has 0 aromatic heterocycles. The minimum atomic E-state index is -0.665. The van der Waals surface area contributed by atoms with E-state index >= 15 is 0 Å². The summed E-state index contributed by atoms with van der Waals surface area (Å²) >= 11 is 0. The first-order chi connectivity index (χ1) is 15.8. The molecule has 3 aromatic carbocycles. The van der Waals surface area contributed by atoms with Crippen LogP contribution in [0.2, 0.25) is 0 Å². The van der Waals surface area contributed by atoms with Gasteiger partial charge >= 0.3 is 0 Å². The van der Waals surface area contributed by atoms with Gasteiger partial charge in [-0.15, -0.1) is 0 Å². The number of hydrogen-bond acceptors (Lipinski definition) is 5. The molecule has 1 aliphatic heterocycles. The lowest BCUT2D eigenvalue weighted by molar-refractivity contribution is -0.120. The van der Waals surface area contributed by atoms with Gasteiger partial charge in [-0.05, 0) is 54.8 Å². The molecule has 0 fully saturated rings. The van der Waals surface area contributed by atoms with Crippen molar-refractivity contribution in [3.05, 3.63) is 88.9 Å². The Morgan fingerprint density at radius 3 is 2.27 bits per heavy atom. The summed E-state index contributed by atoms with van der Waals surface area (Å²) in [5.41, 5.74) is 3.13. The summed E-state index contributed by atoms with van der Waals surface area (Å²) in [4.78, 5) is 27.9. The van der Waals surface area contributed by atoms with Crippen LogP contribution in [0.4, 0.5) is 15.8 Å². The first-order valence-corrected chi connectivity index (χ1v) is 10.3. The SMILES string of the molecule is COc1ccc(NC2=C(c3ccc(C)c(C)c3)C(=O)N(c3ccccc3F)C2=O)c(OC)c1. The van der Waals surface area contributed by atoms with Crippen molar-refractivity contribution in [3.8, 4) is 11.5 Å². The van der Waals surface area contributed by atoms with Crippen LogP contribution in [0.25, 0.3) is 5.57 Å². The molecule has 0 radical (unpaired) electrons. The van der Waals surface area contributed by atoms with Crippen molar-refractivity contribution in [2.45, 2.75) is 13.8 Å². The number of para-hydroxylation sites is 1. The number of carbonyl (C=O) groups is 2. The van der Waals surface area contributed by atoms with Gasteiger partial charge in [0, 0.05) is 6.07 Å². The number of carbonyl (C=O) groups excluding carboxylic acids is 2. The van der Waals surface area contributed by atoms with Crippen molar-refractivity contribution < 1.29 is 23.5 Å². The summed E-state index contributed by atoms with van der Waals surface area (Å²) in [7, 11) is 3.03. The molecule has 4 rings (SSSR count). The molecule has 0 spiro atoms. The van der Waals surface area contributed by atoms with E-state index < -0.39 is 17.6 Å². The van der Waals surface area contributed by atoms with E-state index in [2.05, 4.69) is 5.32 Å². The molecule has 0 aliphatic carbocycles. The number of amides is 2. The molecule has 33 heavy (non-hydrogen) atoms. The molecule has 2 amide bonds. The number of rotatable bonds is 6. The van der Waals surface area contributed by atoms with E-state index in [9.17, 15) is 14.0 Å². The second-order valence-corrected chi connectivity index (χ2v) is 7.64. The number of benzene rings is 3. The van der Waals surface area contributed by atoms with Gasteiger partial charge in [-0.2, -0.15) is 0 Å². The molecular formula is C26H23FN2O4. The summed E-state index contributed by atoms with van der Waals surface area (Å²) in [5.74, 6) is -0.935. The Hall–Kier alpha value is -4.13. The van der Waals surface area contributed by atoms with Crippen LogP contribution in [0, 0.1) is 19.7 Å². The van der Waals surface area contributed by atoms with Crippen molar-refractivity contribution in [3.63, 3.8) is 0 Å². The molecule has 0 saturated carbocycles.